The summed E-state index contributed by atoms with van der Waals surface area (Å²) in [6.45, 7) is 0. The van der Waals surface area contributed by atoms with E-state index < -0.39 is 11.9 Å². The highest BCUT2D eigenvalue weighted by molar-refractivity contribution is 5.25. The molecule has 1 unspecified atom stereocenters. The Labute approximate surface area is 85.5 Å². The minimum absolute atomic E-state index is 0.166. The van der Waals surface area contributed by atoms with Crippen molar-refractivity contribution in [3.8, 4) is 0 Å². The number of aliphatic hydroxyl groups excluding tert-OH is 1. The molecule has 0 aliphatic rings. The molecule has 0 saturated carbocycles. The molecular formula is C10H8FN3O. The maximum atomic E-state index is 13.3. The monoisotopic (exact) mass is 205 g/mol. The third-order valence-corrected chi connectivity index (χ3v) is 1.99. The van der Waals surface area contributed by atoms with Crippen LogP contribution in [0.2, 0.25) is 0 Å². The number of hydrogen-bond donors (Lipinski definition) is 1. The van der Waals surface area contributed by atoms with Crippen LogP contribution >= 0.6 is 0 Å². The van der Waals surface area contributed by atoms with Gasteiger partial charge >= 0.3 is 0 Å². The molecule has 1 N–H and O–H groups in total. The Balaban J connectivity index is 2.37. The molecule has 2 rings (SSSR count). The molecule has 0 radical (unpaired) electrons. The third-order valence-electron chi connectivity index (χ3n) is 1.99. The quantitative estimate of drug-likeness (QED) is 0.797. The zero-order valence-electron chi connectivity index (χ0n) is 7.71. The number of pyridine rings is 1. The minimum Gasteiger partial charge on any atom is -0.383 e. The van der Waals surface area contributed by atoms with Crippen LogP contribution in [0.1, 0.15) is 17.2 Å². The fraction of sp³-hybridized carbons (Fsp3) is 0.100. The Kier molecular flexibility index (Phi) is 2.64. The molecule has 0 spiro atoms. The van der Waals surface area contributed by atoms with Gasteiger partial charge in [-0.2, -0.15) is 0 Å². The smallest absolute Gasteiger partial charge is 0.147 e. The van der Waals surface area contributed by atoms with Crippen LogP contribution in [0.25, 0.3) is 0 Å². The molecule has 0 amide bonds. The van der Waals surface area contributed by atoms with E-state index in [2.05, 4.69) is 15.0 Å². The Hall–Kier alpha value is -1.88. The van der Waals surface area contributed by atoms with E-state index in [1.807, 2.05) is 0 Å². The Morgan fingerprint density at radius 2 is 1.87 bits per heavy atom. The van der Waals surface area contributed by atoms with Crippen molar-refractivity contribution in [3.05, 3.63) is 54.1 Å². The molecular weight excluding hydrogens is 197 g/mol. The van der Waals surface area contributed by atoms with E-state index >= 15 is 0 Å². The van der Waals surface area contributed by atoms with Crippen LogP contribution in [0.3, 0.4) is 0 Å². The second-order valence-electron chi connectivity index (χ2n) is 2.97. The maximum Gasteiger partial charge on any atom is 0.147 e. The van der Waals surface area contributed by atoms with E-state index in [9.17, 15) is 9.50 Å². The van der Waals surface area contributed by atoms with Gasteiger partial charge in [0, 0.05) is 29.7 Å². The molecule has 76 valence electrons. The van der Waals surface area contributed by atoms with Gasteiger partial charge in [0.1, 0.15) is 18.2 Å². The lowest BCUT2D eigenvalue weighted by atomic mass is 10.1. The highest BCUT2D eigenvalue weighted by atomic mass is 19.1. The van der Waals surface area contributed by atoms with Crippen LogP contribution in [0, 0.1) is 5.82 Å². The average molecular weight is 205 g/mol. The number of rotatable bonds is 2. The summed E-state index contributed by atoms with van der Waals surface area (Å²) in [6.07, 6.45) is 5.65. The third kappa shape index (κ3) is 1.97. The molecule has 0 aliphatic heterocycles. The number of hydrogen-bond acceptors (Lipinski definition) is 4. The van der Waals surface area contributed by atoms with E-state index in [1.54, 1.807) is 0 Å². The molecule has 0 aromatic carbocycles. The van der Waals surface area contributed by atoms with E-state index in [0.717, 1.165) is 6.20 Å². The molecule has 0 aliphatic carbocycles. The van der Waals surface area contributed by atoms with Crippen molar-refractivity contribution < 1.29 is 9.50 Å². The summed E-state index contributed by atoms with van der Waals surface area (Å²) in [5.74, 6) is -0.547. The van der Waals surface area contributed by atoms with Gasteiger partial charge in [-0.15, -0.1) is 0 Å². The fourth-order valence-corrected chi connectivity index (χ4v) is 1.24. The van der Waals surface area contributed by atoms with Gasteiger partial charge < -0.3 is 5.11 Å². The number of aliphatic hydroxyl groups is 1. The summed E-state index contributed by atoms with van der Waals surface area (Å²) in [7, 11) is 0. The topological polar surface area (TPSA) is 58.9 Å². The van der Waals surface area contributed by atoms with Gasteiger partial charge in [-0.3, -0.25) is 4.98 Å². The van der Waals surface area contributed by atoms with Crippen LogP contribution in [-0.2, 0) is 0 Å². The zero-order chi connectivity index (χ0) is 10.7. The molecule has 2 aromatic rings. The lowest BCUT2D eigenvalue weighted by molar-refractivity contribution is 0.214. The van der Waals surface area contributed by atoms with Crippen LogP contribution in [-0.4, -0.2) is 20.1 Å². The van der Waals surface area contributed by atoms with Crippen molar-refractivity contribution in [3.63, 3.8) is 0 Å². The highest BCUT2D eigenvalue weighted by Gasteiger charge is 2.14. The summed E-state index contributed by atoms with van der Waals surface area (Å²) in [6, 6.07) is 1.42. The Morgan fingerprint density at radius 3 is 2.53 bits per heavy atom. The molecule has 5 heteroatoms. The van der Waals surface area contributed by atoms with Crippen LogP contribution in [0.4, 0.5) is 4.39 Å². The molecule has 2 aromatic heterocycles. The molecule has 0 saturated heterocycles. The second kappa shape index (κ2) is 4.10. The molecule has 0 fully saturated rings. The normalized spacial score (nSPS) is 12.4. The van der Waals surface area contributed by atoms with Gasteiger partial charge in [0.25, 0.3) is 0 Å². The lowest BCUT2D eigenvalue weighted by Crippen LogP contribution is -2.03. The van der Waals surface area contributed by atoms with Gasteiger partial charge in [-0.1, -0.05) is 0 Å². The van der Waals surface area contributed by atoms with Crippen molar-refractivity contribution in [2.45, 2.75) is 6.10 Å². The predicted octanol–water partition coefficient (Wildman–Crippen LogP) is 1.09. The average Bonchev–Trinajstić information content (AvgIpc) is 2.30. The van der Waals surface area contributed by atoms with Gasteiger partial charge in [-0.25, -0.2) is 14.4 Å². The fourth-order valence-electron chi connectivity index (χ4n) is 1.24. The first kappa shape index (κ1) is 9.67. The maximum absolute atomic E-state index is 13.3. The van der Waals surface area contributed by atoms with Crippen molar-refractivity contribution in [2.24, 2.45) is 0 Å². The largest absolute Gasteiger partial charge is 0.383 e. The zero-order valence-corrected chi connectivity index (χ0v) is 7.71. The summed E-state index contributed by atoms with van der Waals surface area (Å²) in [5, 5.41) is 9.82. The van der Waals surface area contributed by atoms with Crippen molar-refractivity contribution >= 4 is 0 Å². The van der Waals surface area contributed by atoms with E-state index in [0.29, 0.717) is 5.56 Å². The van der Waals surface area contributed by atoms with Crippen molar-refractivity contribution in [2.75, 3.05) is 0 Å². The Bertz CT molecular complexity index is 449. The molecule has 2 heterocycles. The van der Waals surface area contributed by atoms with Crippen LogP contribution in [0.15, 0.2) is 37.2 Å². The van der Waals surface area contributed by atoms with Crippen LogP contribution < -0.4 is 0 Å². The first-order valence-corrected chi connectivity index (χ1v) is 4.31. The first-order valence-electron chi connectivity index (χ1n) is 4.31. The second-order valence-corrected chi connectivity index (χ2v) is 2.97. The van der Waals surface area contributed by atoms with Crippen molar-refractivity contribution in [1.82, 2.24) is 15.0 Å². The SMILES string of the molecule is OC(c1cncnc1)c1ccncc1F. The van der Waals surface area contributed by atoms with Gasteiger partial charge in [0.15, 0.2) is 0 Å². The summed E-state index contributed by atoms with van der Waals surface area (Å²) < 4.78 is 13.3. The van der Waals surface area contributed by atoms with E-state index in [1.165, 1.54) is 31.0 Å². The highest BCUT2D eigenvalue weighted by Crippen LogP contribution is 2.21. The first-order chi connectivity index (χ1) is 7.29. The predicted molar refractivity (Wildman–Crippen MR) is 50.3 cm³/mol. The summed E-state index contributed by atoms with van der Waals surface area (Å²) >= 11 is 0. The minimum atomic E-state index is -1.06. The van der Waals surface area contributed by atoms with Crippen molar-refractivity contribution in [1.29, 1.82) is 0 Å². The Morgan fingerprint density at radius 1 is 1.13 bits per heavy atom. The standard InChI is InChI=1S/C10H8FN3O/c11-9-5-12-2-1-8(9)10(15)7-3-13-6-14-4-7/h1-6,10,15H. The number of aromatic nitrogens is 3. The van der Waals surface area contributed by atoms with E-state index in [-0.39, 0.29) is 5.56 Å². The number of halogens is 1. The van der Waals surface area contributed by atoms with E-state index in [4.69, 9.17) is 0 Å². The van der Waals surface area contributed by atoms with Gasteiger partial charge in [-0.05, 0) is 6.07 Å². The molecule has 15 heavy (non-hydrogen) atoms. The summed E-state index contributed by atoms with van der Waals surface area (Å²) in [4.78, 5) is 11.1. The number of nitrogens with zero attached hydrogens (tertiary/aromatic N) is 3. The summed E-state index contributed by atoms with van der Waals surface area (Å²) in [5.41, 5.74) is 0.613. The molecule has 4 nitrogen and oxygen atoms in total. The van der Waals surface area contributed by atoms with Gasteiger partial charge in [0.05, 0.1) is 6.20 Å². The molecule has 0 bridgehead atoms. The lowest BCUT2D eigenvalue weighted by Gasteiger charge is -2.10. The van der Waals surface area contributed by atoms with Gasteiger partial charge in [0.2, 0.25) is 0 Å². The van der Waals surface area contributed by atoms with Crippen LogP contribution in [0.5, 0.6) is 0 Å². The molecule has 1 atom stereocenters.